The van der Waals surface area contributed by atoms with Gasteiger partial charge in [0.2, 0.25) is 0 Å². The van der Waals surface area contributed by atoms with Crippen molar-refractivity contribution in [1.29, 1.82) is 0 Å². The molecule has 0 saturated heterocycles. The standard InChI is InChI=1S/C10H11BrN2S/c11-9-6-3-1-2-4-8(6)14-10(9)7(13)5-12/h1-4,7H,5,12-13H2/t7-/m1/s1. The predicted molar refractivity (Wildman–Crippen MR) is 65.5 cm³/mol. The summed E-state index contributed by atoms with van der Waals surface area (Å²) in [6, 6.07) is 8.17. The summed E-state index contributed by atoms with van der Waals surface area (Å²) in [5.74, 6) is 0. The van der Waals surface area contributed by atoms with E-state index in [0.717, 1.165) is 9.35 Å². The summed E-state index contributed by atoms with van der Waals surface area (Å²) >= 11 is 5.27. The van der Waals surface area contributed by atoms with E-state index in [9.17, 15) is 0 Å². The monoisotopic (exact) mass is 270 g/mol. The number of hydrogen-bond donors (Lipinski definition) is 2. The first kappa shape index (κ1) is 10.1. The highest BCUT2D eigenvalue weighted by atomic mass is 79.9. The average Bonchev–Trinajstić information content (AvgIpc) is 2.56. The number of nitrogens with two attached hydrogens (primary N) is 2. The Balaban J connectivity index is 2.62. The lowest BCUT2D eigenvalue weighted by Crippen LogP contribution is -2.19. The third kappa shape index (κ3) is 1.59. The van der Waals surface area contributed by atoms with E-state index in [0.29, 0.717) is 6.54 Å². The third-order valence-electron chi connectivity index (χ3n) is 2.15. The number of halogens is 1. The van der Waals surface area contributed by atoms with E-state index in [1.54, 1.807) is 11.3 Å². The second kappa shape index (κ2) is 3.98. The summed E-state index contributed by atoms with van der Waals surface area (Å²) in [6.45, 7) is 0.478. The molecule has 1 atom stereocenters. The number of hydrogen-bond acceptors (Lipinski definition) is 3. The van der Waals surface area contributed by atoms with Gasteiger partial charge in [0.05, 0.1) is 6.04 Å². The zero-order valence-electron chi connectivity index (χ0n) is 7.53. The van der Waals surface area contributed by atoms with Crippen molar-refractivity contribution >= 4 is 37.4 Å². The minimum atomic E-state index is -0.0678. The Labute approximate surface area is 95.0 Å². The molecule has 2 rings (SSSR count). The van der Waals surface area contributed by atoms with Gasteiger partial charge in [0.1, 0.15) is 0 Å². The Morgan fingerprint density at radius 1 is 1.36 bits per heavy atom. The van der Waals surface area contributed by atoms with E-state index < -0.39 is 0 Å². The van der Waals surface area contributed by atoms with Gasteiger partial charge in [-0.1, -0.05) is 18.2 Å². The Kier molecular flexibility index (Phi) is 2.88. The van der Waals surface area contributed by atoms with E-state index in [1.807, 2.05) is 12.1 Å². The highest BCUT2D eigenvalue weighted by Gasteiger charge is 2.14. The highest BCUT2D eigenvalue weighted by Crippen LogP contribution is 2.37. The van der Waals surface area contributed by atoms with E-state index in [-0.39, 0.29) is 6.04 Å². The molecule has 4 heteroatoms. The Bertz CT molecular complexity index is 452. The van der Waals surface area contributed by atoms with E-state index in [4.69, 9.17) is 11.5 Å². The lowest BCUT2D eigenvalue weighted by molar-refractivity contribution is 0.749. The molecule has 0 amide bonds. The van der Waals surface area contributed by atoms with Crippen molar-refractivity contribution in [3.8, 4) is 0 Å². The smallest absolute Gasteiger partial charge is 0.0526 e. The van der Waals surface area contributed by atoms with Crippen LogP contribution in [0.15, 0.2) is 28.7 Å². The number of thiophene rings is 1. The number of benzene rings is 1. The molecule has 0 aliphatic carbocycles. The van der Waals surface area contributed by atoms with Crippen LogP contribution < -0.4 is 11.5 Å². The van der Waals surface area contributed by atoms with Gasteiger partial charge in [-0.2, -0.15) is 0 Å². The minimum absolute atomic E-state index is 0.0678. The maximum absolute atomic E-state index is 5.91. The van der Waals surface area contributed by atoms with E-state index in [2.05, 4.69) is 28.1 Å². The average molecular weight is 271 g/mol. The van der Waals surface area contributed by atoms with Crippen molar-refractivity contribution in [2.24, 2.45) is 11.5 Å². The van der Waals surface area contributed by atoms with Gasteiger partial charge in [0.25, 0.3) is 0 Å². The first-order valence-corrected chi connectivity index (χ1v) is 5.97. The Hall–Kier alpha value is -0.420. The molecule has 0 radical (unpaired) electrons. The van der Waals surface area contributed by atoms with Crippen LogP contribution in [0.2, 0.25) is 0 Å². The summed E-state index contributed by atoms with van der Waals surface area (Å²) in [5, 5.41) is 1.22. The molecule has 1 aromatic carbocycles. The molecule has 0 aliphatic heterocycles. The van der Waals surface area contributed by atoms with Crippen LogP contribution in [-0.2, 0) is 0 Å². The molecule has 14 heavy (non-hydrogen) atoms. The molecule has 2 nitrogen and oxygen atoms in total. The van der Waals surface area contributed by atoms with Gasteiger partial charge in [-0.25, -0.2) is 0 Å². The zero-order valence-corrected chi connectivity index (χ0v) is 9.94. The fourth-order valence-corrected chi connectivity index (χ4v) is 3.50. The van der Waals surface area contributed by atoms with Crippen molar-refractivity contribution in [3.05, 3.63) is 33.6 Å². The van der Waals surface area contributed by atoms with Crippen molar-refractivity contribution in [1.82, 2.24) is 0 Å². The maximum atomic E-state index is 5.91. The summed E-state index contributed by atoms with van der Waals surface area (Å²) in [7, 11) is 0. The fraction of sp³-hybridized carbons (Fsp3) is 0.200. The van der Waals surface area contributed by atoms with Crippen molar-refractivity contribution in [3.63, 3.8) is 0 Å². The van der Waals surface area contributed by atoms with Crippen LogP contribution >= 0.6 is 27.3 Å². The molecule has 74 valence electrons. The maximum Gasteiger partial charge on any atom is 0.0526 e. The number of fused-ring (bicyclic) bond motifs is 1. The molecular formula is C10H11BrN2S. The Morgan fingerprint density at radius 2 is 2.07 bits per heavy atom. The first-order chi connectivity index (χ1) is 6.74. The first-order valence-electron chi connectivity index (χ1n) is 4.36. The van der Waals surface area contributed by atoms with E-state index in [1.165, 1.54) is 10.1 Å². The van der Waals surface area contributed by atoms with Crippen LogP contribution in [0.5, 0.6) is 0 Å². The summed E-state index contributed by atoms with van der Waals surface area (Å²) in [4.78, 5) is 1.13. The van der Waals surface area contributed by atoms with Crippen molar-refractivity contribution in [2.75, 3.05) is 6.54 Å². The summed E-state index contributed by atoms with van der Waals surface area (Å²) in [5.41, 5.74) is 11.5. The topological polar surface area (TPSA) is 52.0 Å². The molecular weight excluding hydrogens is 260 g/mol. The van der Waals surface area contributed by atoms with Gasteiger partial charge in [0, 0.05) is 26.0 Å². The zero-order chi connectivity index (χ0) is 10.1. The lowest BCUT2D eigenvalue weighted by atomic mass is 10.2. The van der Waals surface area contributed by atoms with Gasteiger partial charge < -0.3 is 11.5 Å². The largest absolute Gasteiger partial charge is 0.329 e. The van der Waals surface area contributed by atoms with Gasteiger partial charge in [-0.3, -0.25) is 0 Å². The third-order valence-corrected chi connectivity index (χ3v) is 4.57. The quantitative estimate of drug-likeness (QED) is 0.882. The molecule has 0 saturated carbocycles. The van der Waals surface area contributed by atoms with Crippen LogP contribution in [0.25, 0.3) is 10.1 Å². The molecule has 4 N–H and O–H groups in total. The SMILES string of the molecule is NC[C@@H](N)c1sc2ccccc2c1Br. The molecule has 0 bridgehead atoms. The predicted octanol–water partition coefficient (Wildman–Crippen LogP) is 2.62. The molecule has 0 spiro atoms. The van der Waals surface area contributed by atoms with Gasteiger partial charge in [-0.15, -0.1) is 11.3 Å². The second-order valence-electron chi connectivity index (χ2n) is 3.12. The second-order valence-corrected chi connectivity index (χ2v) is 5.00. The van der Waals surface area contributed by atoms with Crippen molar-refractivity contribution < 1.29 is 0 Å². The molecule has 0 fully saturated rings. The fourth-order valence-electron chi connectivity index (χ4n) is 1.38. The van der Waals surface area contributed by atoms with Crippen LogP contribution in [0.4, 0.5) is 0 Å². The van der Waals surface area contributed by atoms with Crippen LogP contribution in [0.1, 0.15) is 10.9 Å². The summed E-state index contributed by atoms with van der Waals surface area (Å²) in [6.07, 6.45) is 0. The minimum Gasteiger partial charge on any atom is -0.329 e. The van der Waals surface area contributed by atoms with Crippen LogP contribution in [-0.4, -0.2) is 6.54 Å². The molecule has 1 heterocycles. The highest BCUT2D eigenvalue weighted by molar-refractivity contribution is 9.10. The lowest BCUT2D eigenvalue weighted by Gasteiger charge is -2.05. The number of rotatable bonds is 2. The van der Waals surface area contributed by atoms with E-state index >= 15 is 0 Å². The van der Waals surface area contributed by atoms with Crippen LogP contribution in [0.3, 0.4) is 0 Å². The van der Waals surface area contributed by atoms with Gasteiger partial charge in [-0.05, 0) is 22.0 Å². The van der Waals surface area contributed by atoms with Crippen molar-refractivity contribution in [2.45, 2.75) is 6.04 Å². The molecule has 0 aliphatic rings. The Morgan fingerprint density at radius 3 is 2.71 bits per heavy atom. The normalized spacial score (nSPS) is 13.4. The molecule has 2 aromatic rings. The molecule has 1 aromatic heterocycles. The van der Waals surface area contributed by atoms with Gasteiger partial charge >= 0.3 is 0 Å². The summed E-state index contributed by atoms with van der Waals surface area (Å²) < 4.78 is 2.34. The van der Waals surface area contributed by atoms with Gasteiger partial charge in [0.15, 0.2) is 0 Å². The van der Waals surface area contributed by atoms with Crippen LogP contribution in [0, 0.1) is 0 Å². The molecule has 0 unspecified atom stereocenters.